The fourth-order valence-electron chi connectivity index (χ4n) is 2.57. The van der Waals surface area contributed by atoms with Crippen molar-refractivity contribution in [3.8, 4) is 11.4 Å². The van der Waals surface area contributed by atoms with Crippen LogP contribution in [0.1, 0.15) is 28.9 Å². The molecule has 2 aromatic rings. The van der Waals surface area contributed by atoms with Gasteiger partial charge in [0.05, 0.1) is 0 Å². The minimum atomic E-state index is -1.02. The molecule has 2 heterocycles. The van der Waals surface area contributed by atoms with Crippen molar-refractivity contribution in [3.05, 3.63) is 41.6 Å². The Balaban J connectivity index is 2.08. The van der Waals surface area contributed by atoms with Gasteiger partial charge in [0.2, 0.25) is 0 Å². The predicted octanol–water partition coefficient (Wildman–Crippen LogP) is 2.75. The molecule has 5 nitrogen and oxygen atoms in total. The third kappa shape index (κ3) is 2.86. The number of rotatable bonds is 3. The fourth-order valence-corrected chi connectivity index (χ4v) is 2.57. The number of anilines is 1. The van der Waals surface area contributed by atoms with E-state index in [-0.39, 0.29) is 5.69 Å². The molecule has 1 aromatic heterocycles. The second kappa shape index (κ2) is 5.52. The summed E-state index contributed by atoms with van der Waals surface area (Å²) in [4.78, 5) is 22.2. The average Bonchev–Trinajstić information content (AvgIpc) is 3.01. The SMILES string of the molecule is Cc1cccc(-c2nc(C(=O)O)cc(N3CCCC3)n2)c1. The summed E-state index contributed by atoms with van der Waals surface area (Å²) in [5, 5.41) is 9.27. The quantitative estimate of drug-likeness (QED) is 0.938. The second-order valence-electron chi connectivity index (χ2n) is 5.30. The molecule has 21 heavy (non-hydrogen) atoms. The van der Waals surface area contributed by atoms with E-state index in [9.17, 15) is 9.90 Å². The maximum absolute atomic E-state index is 11.3. The van der Waals surface area contributed by atoms with E-state index in [4.69, 9.17) is 0 Å². The van der Waals surface area contributed by atoms with E-state index < -0.39 is 5.97 Å². The van der Waals surface area contributed by atoms with Gasteiger partial charge in [-0.3, -0.25) is 0 Å². The van der Waals surface area contributed by atoms with Gasteiger partial charge in [0.15, 0.2) is 11.5 Å². The van der Waals surface area contributed by atoms with Gasteiger partial charge in [-0.25, -0.2) is 14.8 Å². The summed E-state index contributed by atoms with van der Waals surface area (Å²) in [6.07, 6.45) is 2.23. The van der Waals surface area contributed by atoms with Crippen molar-refractivity contribution in [2.24, 2.45) is 0 Å². The van der Waals surface area contributed by atoms with Crippen molar-refractivity contribution in [1.82, 2.24) is 9.97 Å². The highest BCUT2D eigenvalue weighted by atomic mass is 16.4. The van der Waals surface area contributed by atoms with Crippen molar-refractivity contribution in [1.29, 1.82) is 0 Å². The maximum atomic E-state index is 11.3. The molecular weight excluding hydrogens is 266 g/mol. The first-order chi connectivity index (χ1) is 10.1. The van der Waals surface area contributed by atoms with E-state index in [0.29, 0.717) is 11.6 Å². The third-order valence-corrected chi connectivity index (χ3v) is 3.64. The van der Waals surface area contributed by atoms with Gasteiger partial charge in [-0.05, 0) is 25.8 Å². The number of hydrogen-bond acceptors (Lipinski definition) is 4. The largest absolute Gasteiger partial charge is 0.477 e. The number of nitrogens with zero attached hydrogens (tertiary/aromatic N) is 3. The Hall–Kier alpha value is -2.43. The zero-order valence-electron chi connectivity index (χ0n) is 11.9. The molecular formula is C16H17N3O2. The van der Waals surface area contributed by atoms with Gasteiger partial charge in [0.1, 0.15) is 5.82 Å². The summed E-state index contributed by atoms with van der Waals surface area (Å²) in [7, 11) is 0. The van der Waals surface area contributed by atoms with Crippen LogP contribution in [0.25, 0.3) is 11.4 Å². The summed E-state index contributed by atoms with van der Waals surface area (Å²) in [6, 6.07) is 9.35. The Kier molecular flexibility index (Phi) is 3.56. The summed E-state index contributed by atoms with van der Waals surface area (Å²) in [6.45, 7) is 3.83. The molecule has 1 aliphatic heterocycles. The molecule has 0 spiro atoms. The van der Waals surface area contributed by atoms with Gasteiger partial charge in [-0.1, -0.05) is 23.8 Å². The maximum Gasteiger partial charge on any atom is 0.354 e. The van der Waals surface area contributed by atoms with Crippen LogP contribution >= 0.6 is 0 Å². The van der Waals surface area contributed by atoms with E-state index in [1.807, 2.05) is 31.2 Å². The molecule has 0 unspecified atom stereocenters. The van der Waals surface area contributed by atoms with Crippen LogP contribution in [0, 0.1) is 6.92 Å². The monoisotopic (exact) mass is 283 g/mol. The van der Waals surface area contributed by atoms with Crippen molar-refractivity contribution in [3.63, 3.8) is 0 Å². The lowest BCUT2D eigenvalue weighted by atomic mass is 10.1. The number of carboxylic acid groups (broad SMARTS) is 1. The fraction of sp³-hybridized carbons (Fsp3) is 0.312. The average molecular weight is 283 g/mol. The van der Waals surface area contributed by atoms with Crippen molar-refractivity contribution in [2.75, 3.05) is 18.0 Å². The topological polar surface area (TPSA) is 66.3 Å². The van der Waals surface area contributed by atoms with Crippen LogP contribution in [-0.2, 0) is 0 Å². The van der Waals surface area contributed by atoms with Crippen LogP contribution in [0.5, 0.6) is 0 Å². The molecule has 1 fully saturated rings. The molecule has 1 aromatic carbocycles. The van der Waals surface area contributed by atoms with Crippen LogP contribution in [0.2, 0.25) is 0 Å². The van der Waals surface area contributed by atoms with Gasteiger partial charge in [0.25, 0.3) is 0 Å². The minimum Gasteiger partial charge on any atom is -0.477 e. The zero-order valence-corrected chi connectivity index (χ0v) is 11.9. The van der Waals surface area contributed by atoms with Gasteiger partial charge in [-0.2, -0.15) is 0 Å². The van der Waals surface area contributed by atoms with Crippen LogP contribution < -0.4 is 4.90 Å². The number of hydrogen-bond donors (Lipinski definition) is 1. The Morgan fingerprint density at radius 2 is 1.95 bits per heavy atom. The van der Waals surface area contributed by atoms with Gasteiger partial charge in [-0.15, -0.1) is 0 Å². The Morgan fingerprint density at radius 3 is 2.62 bits per heavy atom. The minimum absolute atomic E-state index is 0.0448. The van der Waals surface area contributed by atoms with Crippen molar-refractivity contribution < 1.29 is 9.90 Å². The van der Waals surface area contributed by atoms with Crippen LogP contribution in [0.3, 0.4) is 0 Å². The molecule has 0 amide bonds. The first-order valence-corrected chi connectivity index (χ1v) is 7.08. The van der Waals surface area contributed by atoms with Gasteiger partial charge >= 0.3 is 5.97 Å². The molecule has 108 valence electrons. The lowest BCUT2D eigenvalue weighted by Gasteiger charge is -2.17. The van der Waals surface area contributed by atoms with Crippen molar-refractivity contribution >= 4 is 11.8 Å². The molecule has 0 saturated carbocycles. The van der Waals surface area contributed by atoms with E-state index >= 15 is 0 Å². The van der Waals surface area contributed by atoms with Gasteiger partial charge < -0.3 is 10.0 Å². The molecule has 0 atom stereocenters. The molecule has 0 radical (unpaired) electrons. The van der Waals surface area contributed by atoms with E-state index in [2.05, 4.69) is 14.9 Å². The predicted molar refractivity (Wildman–Crippen MR) is 80.6 cm³/mol. The van der Waals surface area contributed by atoms with E-state index in [1.165, 1.54) is 0 Å². The summed E-state index contributed by atoms with van der Waals surface area (Å²) < 4.78 is 0. The number of carbonyl (C=O) groups is 1. The van der Waals surface area contributed by atoms with Crippen LogP contribution in [-0.4, -0.2) is 34.1 Å². The molecule has 3 rings (SSSR count). The standard InChI is InChI=1S/C16H17N3O2/c1-11-5-4-6-12(9-11)15-17-13(16(20)21)10-14(18-15)19-7-2-3-8-19/h4-6,9-10H,2-3,7-8H2,1H3,(H,20,21). The van der Waals surface area contributed by atoms with E-state index in [1.54, 1.807) is 6.07 Å². The number of aromatic carboxylic acids is 1. The summed E-state index contributed by atoms with van der Waals surface area (Å²) in [5.41, 5.74) is 1.99. The van der Waals surface area contributed by atoms with E-state index in [0.717, 1.165) is 37.1 Å². The van der Waals surface area contributed by atoms with Crippen molar-refractivity contribution in [2.45, 2.75) is 19.8 Å². The second-order valence-corrected chi connectivity index (χ2v) is 5.30. The molecule has 0 bridgehead atoms. The lowest BCUT2D eigenvalue weighted by Crippen LogP contribution is -2.20. The molecule has 5 heteroatoms. The summed E-state index contributed by atoms with van der Waals surface area (Å²) in [5.74, 6) is 0.156. The Labute approximate surface area is 123 Å². The van der Waals surface area contributed by atoms with Crippen LogP contribution in [0.15, 0.2) is 30.3 Å². The number of benzene rings is 1. The highest BCUT2D eigenvalue weighted by molar-refractivity contribution is 5.87. The molecule has 1 N–H and O–H groups in total. The first kappa shape index (κ1) is 13.5. The molecule has 1 aliphatic rings. The number of aromatic nitrogens is 2. The Morgan fingerprint density at radius 1 is 1.19 bits per heavy atom. The highest BCUT2D eigenvalue weighted by Crippen LogP contribution is 2.23. The number of aryl methyl sites for hydroxylation is 1. The van der Waals surface area contributed by atoms with Gasteiger partial charge in [0, 0.05) is 24.7 Å². The highest BCUT2D eigenvalue weighted by Gasteiger charge is 2.18. The normalized spacial score (nSPS) is 14.4. The Bertz CT molecular complexity index is 679. The van der Waals surface area contributed by atoms with Crippen LogP contribution in [0.4, 0.5) is 5.82 Å². The molecule has 0 aliphatic carbocycles. The third-order valence-electron chi connectivity index (χ3n) is 3.64. The molecule has 1 saturated heterocycles. The zero-order chi connectivity index (χ0) is 14.8. The first-order valence-electron chi connectivity index (χ1n) is 7.08. The summed E-state index contributed by atoms with van der Waals surface area (Å²) >= 11 is 0. The lowest BCUT2D eigenvalue weighted by molar-refractivity contribution is 0.0690. The smallest absolute Gasteiger partial charge is 0.354 e. The number of carboxylic acids is 1.